The zero-order chi connectivity index (χ0) is 13.8. The largest absolute Gasteiger partial charge is 0.382 e. The highest BCUT2D eigenvalue weighted by atomic mass is 35.5. The minimum Gasteiger partial charge on any atom is -0.382 e. The fourth-order valence-corrected chi connectivity index (χ4v) is 2.92. The molecule has 0 aromatic heterocycles. The highest BCUT2D eigenvalue weighted by Gasteiger charge is 2.18. The topological polar surface area (TPSA) is 41.1 Å². The Labute approximate surface area is 119 Å². The Kier molecular flexibility index (Phi) is 4.70. The van der Waals surface area contributed by atoms with E-state index in [0.717, 1.165) is 11.6 Å². The van der Waals surface area contributed by atoms with Gasteiger partial charge in [-0.15, -0.1) is 0 Å². The number of benzene rings is 1. The van der Waals surface area contributed by atoms with Gasteiger partial charge < -0.3 is 10.6 Å². The molecule has 1 saturated carbocycles. The molecule has 0 heterocycles. The first-order valence-electron chi connectivity index (χ1n) is 6.88. The van der Waals surface area contributed by atoms with E-state index in [1.165, 1.54) is 32.6 Å². The van der Waals surface area contributed by atoms with E-state index < -0.39 is 0 Å². The Bertz CT molecular complexity index is 461. The van der Waals surface area contributed by atoms with Crippen LogP contribution in [0.15, 0.2) is 18.2 Å². The van der Waals surface area contributed by atoms with Crippen LogP contribution in [-0.4, -0.2) is 11.9 Å². The first-order valence-corrected chi connectivity index (χ1v) is 7.26. The second-order valence-corrected chi connectivity index (χ2v) is 5.90. The summed E-state index contributed by atoms with van der Waals surface area (Å²) in [6.07, 6.45) is 5.05. The number of rotatable bonds is 3. The van der Waals surface area contributed by atoms with Crippen LogP contribution in [0.5, 0.6) is 0 Å². The molecule has 0 bridgehead atoms. The molecule has 104 valence electrons. The van der Waals surface area contributed by atoms with Crippen molar-refractivity contribution in [2.45, 2.75) is 45.6 Å². The Morgan fingerprint density at radius 1 is 1.37 bits per heavy atom. The van der Waals surface area contributed by atoms with Crippen molar-refractivity contribution in [3.05, 3.63) is 23.2 Å². The second kappa shape index (κ2) is 6.29. The molecule has 4 heteroatoms. The van der Waals surface area contributed by atoms with Crippen LogP contribution in [-0.2, 0) is 4.79 Å². The van der Waals surface area contributed by atoms with Crippen LogP contribution < -0.4 is 10.6 Å². The quantitative estimate of drug-likeness (QED) is 0.867. The van der Waals surface area contributed by atoms with Crippen LogP contribution >= 0.6 is 11.6 Å². The first kappa shape index (κ1) is 14.2. The molecule has 3 nitrogen and oxygen atoms in total. The maximum atomic E-state index is 11.0. The second-order valence-electron chi connectivity index (χ2n) is 5.49. The van der Waals surface area contributed by atoms with Crippen molar-refractivity contribution in [1.82, 2.24) is 0 Å². The van der Waals surface area contributed by atoms with Crippen LogP contribution in [0, 0.1) is 5.92 Å². The summed E-state index contributed by atoms with van der Waals surface area (Å²) in [4.78, 5) is 11.0. The minimum atomic E-state index is -0.108. The SMILES string of the molecule is CC(=O)Nc1ccc(NC2CCCC(C)C2)cc1Cl. The molecule has 2 unspecified atom stereocenters. The van der Waals surface area contributed by atoms with Crippen LogP contribution in [0.1, 0.15) is 39.5 Å². The predicted octanol–water partition coefficient (Wildman–Crippen LogP) is 4.29. The van der Waals surface area contributed by atoms with Gasteiger partial charge in [-0.2, -0.15) is 0 Å². The lowest BCUT2D eigenvalue weighted by Crippen LogP contribution is -2.26. The van der Waals surface area contributed by atoms with E-state index in [0.29, 0.717) is 16.8 Å². The molecule has 1 fully saturated rings. The number of nitrogens with one attached hydrogen (secondary N) is 2. The molecule has 0 radical (unpaired) electrons. The van der Waals surface area contributed by atoms with E-state index in [9.17, 15) is 4.79 Å². The van der Waals surface area contributed by atoms with Crippen molar-refractivity contribution in [1.29, 1.82) is 0 Å². The maximum Gasteiger partial charge on any atom is 0.221 e. The number of hydrogen-bond acceptors (Lipinski definition) is 2. The molecular weight excluding hydrogens is 260 g/mol. The molecule has 2 N–H and O–H groups in total. The Morgan fingerprint density at radius 3 is 2.79 bits per heavy atom. The smallest absolute Gasteiger partial charge is 0.221 e. The highest BCUT2D eigenvalue weighted by Crippen LogP contribution is 2.29. The van der Waals surface area contributed by atoms with E-state index >= 15 is 0 Å². The van der Waals surface area contributed by atoms with Crippen molar-refractivity contribution in [3.63, 3.8) is 0 Å². The predicted molar refractivity (Wildman–Crippen MR) is 80.8 cm³/mol. The number of amides is 1. The van der Waals surface area contributed by atoms with Crippen molar-refractivity contribution < 1.29 is 4.79 Å². The summed E-state index contributed by atoms with van der Waals surface area (Å²) in [6.45, 7) is 3.78. The van der Waals surface area contributed by atoms with Gasteiger partial charge in [0.2, 0.25) is 5.91 Å². The Hall–Kier alpha value is -1.22. The molecule has 1 aromatic rings. The van der Waals surface area contributed by atoms with Crippen molar-refractivity contribution in [2.75, 3.05) is 10.6 Å². The van der Waals surface area contributed by atoms with E-state index in [4.69, 9.17) is 11.6 Å². The maximum absolute atomic E-state index is 11.0. The third-order valence-electron chi connectivity index (χ3n) is 3.59. The van der Waals surface area contributed by atoms with E-state index in [1.807, 2.05) is 18.2 Å². The van der Waals surface area contributed by atoms with Gasteiger partial charge in [0, 0.05) is 18.7 Å². The summed E-state index contributed by atoms with van der Waals surface area (Å²) in [5, 5.41) is 6.82. The van der Waals surface area contributed by atoms with Gasteiger partial charge in [-0.3, -0.25) is 4.79 Å². The standard InChI is InChI=1S/C15H21ClN2O/c1-10-4-3-5-12(8-10)18-13-6-7-15(14(16)9-13)17-11(2)19/h6-7,9-10,12,18H,3-5,8H2,1-2H3,(H,17,19). The summed E-state index contributed by atoms with van der Waals surface area (Å²) in [5.74, 6) is 0.684. The van der Waals surface area contributed by atoms with Crippen LogP contribution in [0.25, 0.3) is 0 Å². The summed E-state index contributed by atoms with van der Waals surface area (Å²) < 4.78 is 0. The zero-order valence-electron chi connectivity index (χ0n) is 11.5. The lowest BCUT2D eigenvalue weighted by molar-refractivity contribution is -0.114. The fourth-order valence-electron chi connectivity index (χ4n) is 2.70. The van der Waals surface area contributed by atoms with Crippen LogP contribution in [0.4, 0.5) is 11.4 Å². The van der Waals surface area contributed by atoms with Gasteiger partial charge in [-0.1, -0.05) is 31.4 Å². The lowest BCUT2D eigenvalue weighted by Gasteiger charge is -2.28. The summed E-state index contributed by atoms with van der Waals surface area (Å²) in [6, 6.07) is 6.23. The van der Waals surface area contributed by atoms with Crippen LogP contribution in [0.2, 0.25) is 5.02 Å². The lowest BCUT2D eigenvalue weighted by atomic mass is 9.87. The molecule has 2 atom stereocenters. The van der Waals surface area contributed by atoms with Crippen molar-refractivity contribution in [2.24, 2.45) is 5.92 Å². The average molecular weight is 281 g/mol. The summed E-state index contributed by atoms with van der Waals surface area (Å²) >= 11 is 6.17. The fraction of sp³-hybridized carbons (Fsp3) is 0.533. The van der Waals surface area contributed by atoms with Gasteiger partial charge in [0.25, 0.3) is 0 Å². The van der Waals surface area contributed by atoms with Crippen molar-refractivity contribution in [3.8, 4) is 0 Å². The van der Waals surface area contributed by atoms with E-state index in [-0.39, 0.29) is 5.91 Å². The third-order valence-corrected chi connectivity index (χ3v) is 3.90. The Morgan fingerprint density at radius 2 is 2.16 bits per heavy atom. The van der Waals surface area contributed by atoms with Gasteiger partial charge in [0.05, 0.1) is 10.7 Å². The molecule has 0 spiro atoms. The Balaban J connectivity index is 2.01. The molecule has 1 aliphatic carbocycles. The monoisotopic (exact) mass is 280 g/mol. The van der Waals surface area contributed by atoms with Gasteiger partial charge in [-0.25, -0.2) is 0 Å². The summed E-state index contributed by atoms with van der Waals surface area (Å²) in [5.41, 5.74) is 1.69. The number of carbonyl (C=O) groups is 1. The third kappa shape index (κ3) is 4.13. The van der Waals surface area contributed by atoms with Gasteiger partial charge in [-0.05, 0) is 37.0 Å². The average Bonchev–Trinajstić information content (AvgIpc) is 2.32. The van der Waals surface area contributed by atoms with Gasteiger partial charge in [0.1, 0.15) is 0 Å². The molecule has 0 saturated heterocycles. The number of carbonyl (C=O) groups excluding carboxylic acids is 1. The van der Waals surface area contributed by atoms with Gasteiger partial charge in [0.15, 0.2) is 0 Å². The molecule has 19 heavy (non-hydrogen) atoms. The highest BCUT2D eigenvalue weighted by molar-refractivity contribution is 6.34. The van der Waals surface area contributed by atoms with Crippen LogP contribution in [0.3, 0.4) is 0 Å². The summed E-state index contributed by atoms with van der Waals surface area (Å²) in [7, 11) is 0. The normalized spacial score (nSPS) is 22.9. The molecule has 1 aliphatic rings. The van der Waals surface area contributed by atoms with Crippen molar-refractivity contribution >= 4 is 28.9 Å². The molecule has 1 amide bonds. The molecule has 1 aromatic carbocycles. The minimum absolute atomic E-state index is 0.108. The molecule has 2 rings (SSSR count). The first-order chi connectivity index (χ1) is 9.04. The van der Waals surface area contributed by atoms with Gasteiger partial charge >= 0.3 is 0 Å². The number of anilines is 2. The van der Waals surface area contributed by atoms with E-state index in [2.05, 4.69) is 17.6 Å². The molecular formula is C15H21ClN2O. The zero-order valence-corrected chi connectivity index (χ0v) is 12.3. The number of halogens is 1. The number of hydrogen-bond donors (Lipinski definition) is 2. The molecule has 0 aliphatic heterocycles. The van der Waals surface area contributed by atoms with E-state index in [1.54, 1.807) is 0 Å².